The van der Waals surface area contributed by atoms with Gasteiger partial charge < -0.3 is 4.74 Å². The number of ether oxygens (including phenoxy) is 1. The number of carbonyl (C=O) groups is 1. The van der Waals surface area contributed by atoms with Crippen LogP contribution in [0.15, 0.2) is 42.5 Å². The molecule has 2 aromatic rings. The monoisotopic (exact) mass is 246 g/mol. The number of benzene rings is 2. The molecule has 0 aromatic heterocycles. The van der Waals surface area contributed by atoms with Crippen LogP contribution in [-0.4, -0.2) is 6.29 Å². The number of hydrogen-bond donors (Lipinski definition) is 0. The van der Waals surface area contributed by atoms with Gasteiger partial charge in [-0.25, -0.2) is 0 Å². The minimum atomic E-state index is 0.505. The van der Waals surface area contributed by atoms with E-state index in [-0.39, 0.29) is 0 Å². The molecule has 0 radical (unpaired) electrons. The molecule has 0 bridgehead atoms. The van der Waals surface area contributed by atoms with Gasteiger partial charge in [-0.1, -0.05) is 29.8 Å². The van der Waals surface area contributed by atoms with Crippen LogP contribution < -0.4 is 4.74 Å². The van der Waals surface area contributed by atoms with Gasteiger partial charge in [-0.2, -0.15) is 0 Å². The van der Waals surface area contributed by atoms with E-state index in [4.69, 9.17) is 16.3 Å². The minimum absolute atomic E-state index is 0.505. The van der Waals surface area contributed by atoms with E-state index in [2.05, 4.69) is 0 Å². The van der Waals surface area contributed by atoms with Crippen LogP contribution in [0.1, 0.15) is 15.9 Å². The summed E-state index contributed by atoms with van der Waals surface area (Å²) in [6.07, 6.45) is 0.763. The second kappa shape index (κ2) is 5.02. The van der Waals surface area contributed by atoms with Crippen LogP contribution in [0, 0.1) is 6.92 Å². The average Bonchev–Trinajstić information content (AvgIpc) is 2.34. The number of halogens is 1. The molecule has 0 N–H and O–H groups in total. The highest BCUT2D eigenvalue weighted by Gasteiger charge is 2.06. The first kappa shape index (κ1) is 11.7. The molecule has 0 unspecified atom stereocenters. The van der Waals surface area contributed by atoms with E-state index in [1.54, 1.807) is 24.3 Å². The van der Waals surface area contributed by atoms with E-state index in [1.807, 2.05) is 25.1 Å². The Morgan fingerprint density at radius 3 is 2.65 bits per heavy atom. The summed E-state index contributed by atoms with van der Waals surface area (Å²) >= 11 is 6.03. The van der Waals surface area contributed by atoms with Gasteiger partial charge in [0.25, 0.3) is 0 Å². The Morgan fingerprint density at radius 1 is 1.12 bits per heavy atom. The Kier molecular flexibility index (Phi) is 3.45. The topological polar surface area (TPSA) is 26.3 Å². The van der Waals surface area contributed by atoms with Crippen molar-refractivity contribution < 1.29 is 9.53 Å². The first-order valence-electron chi connectivity index (χ1n) is 5.19. The van der Waals surface area contributed by atoms with E-state index < -0.39 is 0 Å². The summed E-state index contributed by atoms with van der Waals surface area (Å²) in [5.74, 6) is 1.07. The van der Waals surface area contributed by atoms with Gasteiger partial charge in [0, 0.05) is 0 Å². The van der Waals surface area contributed by atoms with Crippen molar-refractivity contribution in [3.8, 4) is 11.5 Å². The number of aldehydes is 1. The second-order valence-electron chi connectivity index (χ2n) is 3.69. The maximum Gasteiger partial charge on any atom is 0.153 e. The van der Waals surface area contributed by atoms with Crippen LogP contribution in [0.2, 0.25) is 5.02 Å². The third kappa shape index (κ3) is 2.66. The smallest absolute Gasteiger partial charge is 0.153 e. The highest BCUT2D eigenvalue weighted by atomic mass is 35.5. The molecule has 17 heavy (non-hydrogen) atoms. The van der Waals surface area contributed by atoms with Crippen molar-refractivity contribution in [1.29, 1.82) is 0 Å². The number of carbonyl (C=O) groups excluding carboxylic acids is 1. The van der Waals surface area contributed by atoms with Crippen molar-refractivity contribution in [3.63, 3.8) is 0 Å². The van der Waals surface area contributed by atoms with E-state index in [9.17, 15) is 4.79 Å². The quantitative estimate of drug-likeness (QED) is 0.757. The third-order valence-electron chi connectivity index (χ3n) is 2.35. The summed E-state index contributed by atoms with van der Waals surface area (Å²) in [6, 6.07) is 12.6. The lowest BCUT2D eigenvalue weighted by molar-refractivity contribution is 0.112. The Labute approximate surface area is 105 Å². The molecule has 0 spiro atoms. The van der Waals surface area contributed by atoms with Crippen molar-refractivity contribution in [2.24, 2.45) is 0 Å². The van der Waals surface area contributed by atoms with Crippen molar-refractivity contribution >= 4 is 17.9 Å². The summed E-state index contributed by atoms with van der Waals surface area (Å²) in [4.78, 5) is 10.9. The minimum Gasteiger partial charge on any atom is -0.455 e. The molecule has 2 rings (SSSR count). The van der Waals surface area contributed by atoms with Gasteiger partial charge in [-0.3, -0.25) is 4.79 Å². The number of para-hydroxylation sites is 1. The van der Waals surface area contributed by atoms with Gasteiger partial charge in [-0.15, -0.1) is 0 Å². The molecule has 2 nitrogen and oxygen atoms in total. The molecule has 0 atom stereocenters. The van der Waals surface area contributed by atoms with Crippen molar-refractivity contribution in [3.05, 3.63) is 58.6 Å². The van der Waals surface area contributed by atoms with Gasteiger partial charge >= 0.3 is 0 Å². The summed E-state index contributed by atoms with van der Waals surface area (Å²) < 4.78 is 5.65. The Balaban J connectivity index is 2.37. The fourth-order valence-corrected chi connectivity index (χ4v) is 1.63. The lowest BCUT2D eigenvalue weighted by Gasteiger charge is -2.09. The molecular formula is C14H11ClO2. The molecule has 0 heterocycles. The van der Waals surface area contributed by atoms with E-state index in [1.165, 1.54) is 0 Å². The predicted octanol–water partition coefficient (Wildman–Crippen LogP) is 4.25. The van der Waals surface area contributed by atoms with Crippen LogP contribution in [0.4, 0.5) is 0 Å². The van der Waals surface area contributed by atoms with E-state index >= 15 is 0 Å². The molecule has 86 valence electrons. The van der Waals surface area contributed by atoms with Gasteiger partial charge in [0.15, 0.2) is 6.29 Å². The molecule has 0 saturated heterocycles. The molecular weight excluding hydrogens is 236 g/mol. The van der Waals surface area contributed by atoms with Crippen molar-refractivity contribution in [2.75, 3.05) is 0 Å². The summed E-state index contributed by atoms with van der Waals surface area (Å²) in [5.41, 5.74) is 1.55. The molecule has 0 fully saturated rings. The zero-order valence-electron chi connectivity index (χ0n) is 9.31. The number of aryl methyl sites for hydroxylation is 1. The van der Waals surface area contributed by atoms with Crippen molar-refractivity contribution in [1.82, 2.24) is 0 Å². The van der Waals surface area contributed by atoms with E-state index in [0.29, 0.717) is 22.1 Å². The average molecular weight is 247 g/mol. The molecule has 0 saturated carbocycles. The van der Waals surface area contributed by atoms with Gasteiger partial charge in [-0.05, 0) is 36.8 Å². The van der Waals surface area contributed by atoms with Crippen molar-refractivity contribution in [2.45, 2.75) is 6.92 Å². The molecule has 0 amide bonds. The van der Waals surface area contributed by atoms with Crippen LogP contribution in [0.5, 0.6) is 11.5 Å². The maximum absolute atomic E-state index is 10.9. The van der Waals surface area contributed by atoms with Gasteiger partial charge in [0.05, 0.1) is 10.6 Å². The third-order valence-corrected chi connectivity index (χ3v) is 2.66. The maximum atomic E-state index is 10.9. The van der Waals surface area contributed by atoms with Crippen LogP contribution in [0.3, 0.4) is 0 Å². The molecule has 0 aliphatic rings. The van der Waals surface area contributed by atoms with E-state index in [0.717, 1.165) is 11.8 Å². The number of rotatable bonds is 3. The summed E-state index contributed by atoms with van der Waals surface area (Å²) in [6.45, 7) is 1.95. The molecule has 0 aliphatic heterocycles. The van der Waals surface area contributed by atoms with Gasteiger partial charge in [0.2, 0.25) is 0 Å². The highest BCUT2D eigenvalue weighted by molar-refractivity contribution is 6.32. The second-order valence-corrected chi connectivity index (χ2v) is 4.10. The first-order valence-corrected chi connectivity index (χ1v) is 5.56. The SMILES string of the molecule is Cc1ccc(Cl)c(Oc2ccccc2C=O)c1. The summed E-state index contributed by atoms with van der Waals surface area (Å²) in [7, 11) is 0. The highest BCUT2D eigenvalue weighted by Crippen LogP contribution is 2.31. The van der Waals surface area contributed by atoms with Crippen LogP contribution in [0.25, 0.3) is 0 Å². The largest absolute Gasteiger partial charge is 0.455 e. The zero-order valence-corrected chi connectivity index (χ0v) is 10.1. The molecule has 0 aliphatic carbocycles. The zero-order chi connectivity index (χ0) is 12.3. The molecule has 3 heteroatoms. The fourth-order valence-electron chi connectivity index (χ4n) is 1.48. The first-order chi connectivity index (χ1) is 8.20. The van der Waals surface area contributed by atoms with Crippen LogP contribution in [-0.2, 0) is 0 Å². The normalized spacial score (nSPS) is 10.0. The lowest BCUT2D eigenvalue weighted by atomic mass is 10.2. The standard InChI is InChI=1S/C14H11ClO2/c1-10-6-7-12(15)14(8-10)17-13-5-3-2-4-11(13)9-16/h2-9H,1H3. The fraction of sp³-hybridized carbons (Fsp3) is 0.0714. The predicted molar refractivity (Wildman–Crippen MR) is 68.1 cm³/mol. The summed E-state index contributed by atoms with van der Waals surface area (Å²) in [5, 5.41) is 0.524. The lowest BCUT2D eigenvalue weighted by Crippen LogP contribution is -1.91. The molecule has 2 aromatic carbocycles. The Morgan fingerprint density at radius 2 is 1.88 bits per heavy atom. The van der Waals surface area contributed by atoms with Crippen LogP contribution >= 0.6 is 11.6 Å². The Bertz CT molecular complexity index is 550. The Hall–Kier alpha value is -1.80. The number of hydrogen-bond acceptors (Lipinski definition) is 2. The van der Waals surface area contributed by atoms with Gasteiger partial charge in [0.1, 0.15) is 11.5 Å².